The fourth-order valence-corrected chi connectivity index (χ4v) is 4.02. The van der Waals surface area contributed by atoms with Crippen LogP contribution in [0.3, 0.4) is 0 Å². The highest BCUT2D eigenvalue weighted by Gasteiger charge is 2.45. The highest BCUT2D eigenvalue weighted by molar-refractivity contribution is 5.83. The van der Waals surface area contributed by atoms with Crippen molar-refractivity contribution < 1.29 is 18.7 Å². The van der Waals surface area contributed by atoms with Gasteiger partial charge in [-0.1, -0.05) is 12.1 Å². The fourth-order valence-electron chi connectivity index (χ4n) is 4.02. The van der Waals surface area contributed by atoms with Gasteiger partial charge in [0, 0.05) is 48.8 Å². The number of likely N-dealkylation sites (tertiary alicyclic amines) is 1. The van der Waals surface area contributed by atoms with E-state index in [0.29, 0.717) is 24.4 Å². The minimum atomic E-state index is -0.595. The molecule has 0 radical (unpaired) electrons. The molecule has 1 aliphatic heterocycles. The maximum Gasteiger partial charge on any atom is 0.219 e. The first kappa shape index (κ1) is 22.5. The summed E-state index contributed by atoms with van der Waals surface area (Å²) in [6.07, 6.45) is 0.116. The number of amides is 2. The van der Waals surface area contributed by atoms with Crippen molar-refractivity contribution in [1.29, 1.82) is 0 Å². The Morgan fingerprint density at radius 1 is 1.21 bits per heavy atom. The summed E-state index contributed by atoms with van der Waals surface area (Å²) in [7, 11) is 0. The second kappa shape index (κ2) is 9.03. The number of carbonyl (C=O) groups excluding carboxylic acids is 2. The van der Waals surface area contributed by atoms with Crippen LogP contribution in [0.1, 0.15) is 24.6 Å². The maximum absolute atomic E-state index is 14.1. The summed E-state index contributed by atoms with van der Waals surface area (Å²) in [6.45, 7) is 4.40. The topological polar surface area (TPSA) is 110 Å². The molecule has 2 heterocycles. The van der Waals surface area contributed by atoms with Crippen molar-refractivity contribution in [3.63, 3.8) is 0 Å². The number of aromatic nitrogens is 1. The fraction of sp³-hybridized carbons (Fsp3) is 0.292. The predicted molar refractivity (Wildman–Crippen MR) is 123 cm³/mol. The zero-order valence-corrected chi connectivity index (χ0v) is 18.5. The lowest BCUT2D eigenvalue weighted by atomic mass is 9.86. The van der Waals surface area contributed by atoms with Crippen LogP contribution in [0.2, 0.25) is 0 Å². The van der Waals surface area contributed by atoms with Gasteiger partial charge in [0.05, 0.1) is 5.54 Å². The molecule has 4 N–H and O–H groups in total. The molecule has 1 fully saturated rings. The Kier molecular flexibility index (Phi) is 6.15. The van der Waals surface area contributed by atoms with Gasteiger partial charge >= 0.3 is 0 Å². The van der Waals surface area contributed by atoms with Crippen molar-refractivity contribution in [3.05, 3.63) is 65.6 Å². The third-order valence-corrected chi connectivity index (χ3v) is 5.67. The van der Waals surface area contributed by atoms with Crippen LogP contribution in [0.15, 0.2) is 48.5 Å². The molecular formula is C24H26FN5O3. The Bertz CT molecular complexity index is 1190. The van der Waals surface area contributed by atoms with Crippen LogP contribution in [-0.2, 0) is 16.2 Å². The molecule has 0 bridgehead atoms. The monoisotopic (exact) mass is 451 g/mol. The minimum Gasteiger partial charge on any atom is -0.489 e. The van der Waals surface area contributed by atoms with Gasteiger partial charge in [0.15, 0.2) is 0 Å². The average Bonchev–Trinajstić information content (AvgIpc) is 2.74. The number of hydrogen-bond donors (Lipinski definition) is 3. The first-order valence-corrected chi connectivity index (χ1v) is 10.6. The second-order valence-electron chi connectivity index (χ2n) is 8.42. The molecule has 33 heavy (non-hydrogen) atoms. The Morgan fingerprint density at radius 3 is 2.61 bits per heavy atom. The molecule has 4 rings (SSSR count). The van der Waals surface area contributed by atoms with Crippen molar-refractivity contribution in [3.8, 4) is 5.75 Å². The van der Waals surface area contributed by atoms with Gasteiger partial charge in [0.1, 0.15) is 23.7 Å². The summed E-state index contributed by atoms with van der Waals surface area (Å²) >= 11 is 0. The lowest BCUT2D eigenvalue weighted by Crippen LogP contribution is -2.72. The van der Waals surface area contributed by atoms with Gasteiger partial charge in [-0.2, -0.15) is 0 Å². The Labute approximate surface area is 190 Å². The number of anilines is 1. The summed E-state index contributed by atoms with van der Waals surface area (Å²) in [5.74, 6) is -0.182. The number of hydrogen-bond acceptors (Lipinski definition) is 6. The second-order valence-corrected chi connectivity index (χ2v) is 8.42. The normalized spacial score (nSPS) is 14.6. The zero-order chi connectivity index (χ0) is 23.6. The summed E-state index contributed by atoms with van der Waals surface area (Å²) in [5, 5.41) is 0.725. The number of halogens is 1. The van der Waals surface area contributed by atoms with Crippen LogP contribution in [0, 0.1) is 12.7 Å². The SMILES string of the molecule is CC(=O)N1CC(CC(N)=O)(NNc2ccc(OCc3cc(C)nc4c(F)cccc34)cc2)C1. The van der Waals surface area contributed by atoms with Crippen LogP contribution in [0.25, 0.3) is 10.9 Å². The number of benzene rings is 2. The molecular weight excluding hydrogens is 425 g/mol. The number of para-hydroxylation sites is 1. The van der Waals surface area contributed by atoms with E-state index >= 15 is 0 Å². The molecule has 172 valence electrons. The number of nitrogens with zero attached hydrogens (tertiary/aromatic N) is 2. The van der Waals surface area contributed by atoms with E-state index in [1.807, 2.05) is 43.3 Å². The van der Waals surface area contributed by atoms with E-state index < -0.39 is 11.4 Å². The molecule has 0 atom stereocenters. The number of nitrogens with two attached hydrogens (primary N) is 1. The average molecular weight is 452 g/mol. The third kappa shape index (κ3) is 5.04. The first-order chi connectivity index (χ1) is 15.7. The molecule has 8 nitrogen and oxygen atoms in total. The number of carbonyl (C=O) groups is 2. The van der Waals surface area contributed by atoms with Crippen LogP contribution in [0.5, 0.6) is 5.75 Å². The molecule has 1 aliphatic rings. The van der Waals surface area contributed by atoms with E-state index in [4.69, 9.17) is 10.5 Å². The van der Waals surface area contributed by atoms with Crippen LogP contribution in [0.4, 0.5) is 10.1 Å². The molecule has 0 unspecified atom stereocenters. The molecule has 2 amide bonds. The largest absolute Gasteiger partial charge is 0.489 e. The minimum absolute atomic E-state index is 0.0432. The Morgan fingerprint density at radius 2 is 1.94 bits per heavy atom. The van der Waals surface area contributed by atoms with E-state index in [-0.39, 0.29) is 24.8 Å². The van der Waals surface area contributed by atoms with E-state index in [2.05, 4.69) is 15.8 Å². The molecule has 2 aromatic carbocycles. The van der Waals surface area contributed by atoms with Crippen LogP contribution < -0.4 is 21.3 Å². The standard InChI is InChI=1S/C24H26FN5O3/c1-15-10-17(20-4-3-5-21(25)23(20)27-15)12-33-19-8-6-18(7-9-19)28-29-24(11-22(26)32)13-30(14-24)16(2)31/h3-10,28-29H,11-14H2,1-2H3,(H2,26,32). The maximum atomic E-state index is 14.1. The lowest BCUT2D eigenvalue weighted by molar-refractivity contribution is -0.139. The molecule has 0 saturated carbocycles. The van der Waals surface area contributed by atoms with E-state index in [1.54, 1.807) is 11.0 Å². The highest BCUT2D eigenvalue weighted by Crippen LogP contribution is 2.26. The summed E-state index contributed by atoms with van der Waals surface area (Å²) in [5.41, 5.74) is 13.7. The van der Waals surface area contributed by atoms with Gasteiger partial charge in [-0.15, -0.1) is 0 Å². The molecule has 3 aromatic rings. The lowest BCUT2D eigenvalue weighted by Gasteiger charge is -2.49. The van der Waals surface area contributed by atoms with Gasteiger partial charge < -0.3 is 20.8 Å². The number of primary amides is 1. The van der Waals surface area contributed by atoms with Crippen LogP contribution in [-0.4, -0.2) is 40.3 Å². The van der Waals surface area contributed by atoms with E-state index in [9.17, 15) is 14.0 Å². The molecule has 9 heteroatoms. The number of nitrogens with one attached hydrogen (secondary N) is 2. The number of ether oxygens (including phenoxy) is 1. The molecule has 0 aliphatic carbocycles. The number of hydrazine groups is 1. The van der Waals surface area contributed by atoms with Crippen molar-refractivity contribution in [2.24, 2.45) is 5.73 Å². The summed E-state index contributed by atoms with van der Waals surface area (Å²) in [4.78, 5) is 28.9. The Balaban J connectivity index is 1.38. The van der Waals surface area contributed by atoms with Crippen molar-refractivity contribution in [1.82, 2.24) is 15.3 Å². The van der Waals surface area contributed by atoms with Crippen molar-refractivity contribution in [2.45, 2.75) is 32.4 Å². The molecule has 1 aromatic heterocycles. The van der Waals surface area contributed by atoms with Gasteiger partial charge in [0.2, 0.25) is 11.8 Å². The van der Waals surface area contributed by atoms with Crippen molar-refractivity contribution >= 4 is 28.4 Å². The van der Waals surface area contributed by atoms with Gasteiger partial charge in [-0.3, -0.25) is 14.6 Å². The van der Waals surface area contributed by atoms with E-state index in [1.165, 1.54) is 13.0 Å². The smallest absolute Gasteiger partial charge is 0.219 e. The number of pyridine rings is 1. The van der Waals surface area contributed by atoms with Crippen LogP contribution >= 0.6 is 0 Å². The molecule has 1 saturated heterocycles. The highest BCUT2D eigenvalue weighted by atomic mass is 19.1. The van der Waals surface area contributed by atoms with Gasteiger partial charge in [-0.05, 0) is 43.3 Å². The van der Waals surface area contributed by atoms with Gasteiger partial charge in [0.25, 0.3) is 0 Å². The van der Waals surface area contributed by atoms with E-state index in [0.717, 1.165) is 22.3 Å². The third-order valence-electron chi connectivity index (χ3n) is 5.67. The van der Waals surface area contributed by atoms with Gasteiger partial charge in [-0.25, -0.2) is 9.82 Å². The number of rotatable bonds is 8. The summed E-state index contributed by atoms with van der Waals surface area (Å²) < 4.78 is 20.0. The predicted octanol–water partition coefficient (Wildman–Crippen LogP) is 2.65. The number of fused-ring (bicyclic) bond motifs is 1. The number of aryl methyl sites for hydroxylation is 1. The molecule has 0 spiro atoms. The zero-order valence-electron chi connectivity index (χ0n) is 18.5. The summed E-state index contributed by atoms with van der Waals surface area (Å²) in [6, 6.07) is 14.1. The van der Waals surface area contributed by atoms with Crippen molar-refractivity contribution in [2.75, 3.05) is 18.5 Å². The first-order valence-electron chi connectivity index (χ1n) is 10.6. The Hall–Kier alpha value is -3.72. The quantitative estimate of drug-likeness (QED) is 0.454.